The molecule has 2 aliphatic heterocycles. The third-order valence-electron chi connectivity index (χ3n) is 5.26. The van der Waals surface area contributed by atoms with Crippen molar-refractivity contribution < 1.29 is 9.90 Å². The van der Waals surface area contributed by atoms with Gasteiger partial charge in [-0.25, -0.2) is 4.98 Å². The largest absolute Gasteiger partial charge is 0.390 e. The summed E-state index contributed by atoms with van der Waals surface area (Å²) in [5.41, 5.74) is 0.955. The van der Waals surface area contributed by atoms with E-state index in [9.17, 15) is 9.90 Å². The van der Waals surface area contributed by atoms with Crippen molar-refractivity contribution >= 4 is 33.5 Å². The van der Waals surface area contributed by atoms with Crippen LogP contribution in [0.15, 0.2) is 30.3 Å². The first-order valence-electron chi connectivity index (χ1n) is 9.03. The number of thiazole rings is 1. The molecule has 0 saturated carbocycles. The van der Waals surface area contributed by atoms with Gasteiger partial charge in [0.1, 0.15) is 5.01 Å². The van der Waals surface area contributed by atoms with Gasteiger partial charge in [-0.1, -0.05) is 12.1 Å². The number of hydrogen-bond acceptors (Lipinski definition) is 6. The minimum absolute atomic E-state index is 0.0449. The first kappa shape index (κ1) is 17.6. The van der Waals surface area contributed by atoms with Gasteiger partial charge in [0.15, 0.2) is 0 Å². The van der Waals surface area contributed by atoms with E-state index in [1.807, 2.05) is 24.3 Å². The van der Waals surface area contributed by atoms with Crippen molar-refractivity contribution in [3.63, 3.8) is 0 Å². The molecule has 0 bridgehead atoms. The predicted molar refractivity (Wildman–Crippen MR) is 104 cm³/mol. The van der Waals surface area contributed by atoms with E-state index >= 15 is 0 Å². The molecule has 138 valence electrons. The number of nitrogens with zero attached hydrogens (tertiary/aromatic N) is 4. The number of likely N-dealkylation sites (tertiary alicyclic amines) is 1. The molecule has 4 rings (SSSR count). The summed E-state index contributed by atoms with van der Waals surface area (Å²) in [5.74, 6) is -0.0556. The first-order chi connectivity index (χ1) is 12.6. The van der Waals surface area contributed by atoms with Gasteiger partial charge in [0.05, 0.1) is 22.4 Å². The number of amides is 1. The van der Waals surface area contributed by atoms with Gasteiger partial charge < -0.3 is 14.9 Å². The Morgan fingerprint density at radius 1 is 1.23 bits per heavy atom. The Kier molecular flexibility index (Phi) is 5.04. The highest BCUT2D eigenvalue weighted by Gasteiger charge is 2.37. The first-order valence-corrected chi connectivity index (χ1v) is 9.85. The van der Waals surface area contributed by atoms with E-state index < -0.39 is 6.10 Å². The predicted octanol–water partition coefficient (Wildman–Crippen LogP) is 1.13. The van der Waals surface area contributed by atoms with Gasteiger partial charge in [0.25, 0.3) is 0 Å². The zero-order valence-electron chi connectivity index (χ0n) is 14.9. The smallest absolute Gasteiger partial charge is 0.246 e. The fourth-order valence-corrected chi connectivity index (χ4v) is 4.54. The Bertz CT molecular complexity index is 780. The molecule has 1 aromatic heterocycles. The molecule has 2 atom stereocenters. The maximum atomic E-state index is 12.5. The zero-order chi connectivity index (χ0) is 18.1. The van der Waals surface area contributed by atoms with Gasteiger partial charge >= 0.3 is 0 Å². The third kappa shape index (κ3) is 3.66. The van der Waals surface area contributed by atoms with Crippen LogP contribution >= 0.6 is 11.3 Å². The number of benzene rings is 1. The van der Waals surface area contributed by atoms with Crippen LogP contribution in [0.25, 0.3) is 16.3 Å². The van der Waals surface area contributed by atoms with Gasteiger partial charge in [-0.05, 0) is 25.3 Å². The quantitative estimate of drug-likeness (QED) is 0.819. The highest BCUT2D eigenvalue weighted by atomic mass is 32.1. The van der Waals surface area contributed by atoms with Crippen LogP contribution < -0.4 is 0 Å². The van der Waals surface area contributed by atoms with Crippen molar-refractivity contribution in [2.24, 2.45) is 0 Å². The minimum Gasteiger partial charge on any atom is -0.390 e. The van der Waals surface area contributed by atoms with Gasteiger partial charge in [0, 0.05) is 45.3 Å². The van der Waals surface area contributed by atoms with Crippen LogP contribution in [0.1, 0.15) is 5.01 Å². The minimum atomic E-state index is -0.474. The van der Waals surface area contributed by atoms with E-state index in [0.29, 0.717) is 13.1 Å². The number of carbonyl (C=O) groups excluding carboxylic acids is 1. The number of para-hydroxylation sites is 1. The van der Waals surface area contributed by atoms with E-state index in [1.54, 1.807) is 28.4 Å². The number of carbonyl (C=O) groups is 1. The Labute approximate surface area is 157 Å². The molecule has 2 aliphatic rings. The maximum Gasteiger partial charge on any atom is 0.246 e. The summed E-state index contributed by atoms with van der Waals surface area (Å²) < 4.78 is 1.12. The molecule has 1 amide bonds. The molecular weight excluding hydrogens is 348 g/mol. The van der Waals surface area contributed by atoms with Gasteiger partial charge in [0.2, 0.25) is 5.91 Å². The molecule has 2 saturated heterocycles. The number of hydrogen-bond donors (Lipinski definition) is 1. The lowest BCUT2D eigenvalue weighted by molar-refractivity contribution is -0.125. The fourth-order valence-electron chi connectivity index (χ4n) is 3.67. The van der Waals surface area contributed by atoms with E-state index in [-0.39, 0.29) is 11.9 Å². The van der Waals surface area contributed by atoms with Crippen molar-refractivity contribution in [2.75, 3.05) is 46.3 Å². The number of rotatable bonds is 3. The van der Waals surface area contributed by atoms with Crippen LogP contribution in [0.5, 0.6) is 0 Å². The topological polar surface area (TPSA) is 59.9 Å². The molecule has 0 unspecified atom stereocenters. The van der Waals surface area contributed by atoms with Crippen LogP contribution in [-0.2, 0) is 4.79 Å². The lowest BCUT2D eigenvalue weighted by Crippen LogP contribution is -2.52. The number of β-amino-alcohol motifs (C(OH)–C–C–N with tert-alkyl or cyclic N) is 1. The molecule has 2 aromatic rings. The molecule has 2 fully saturated rings. The molecule has 3 heterocycles. The van der Waals surface area contributed by atoms with Crippen LogP contribution in [0, 0.1) is 0 Å². The number of likely N-dealkylation sites (N-methyl/N-ethyl adjacent to an activating group) is 1. The summed E-state index contributed by atoms with van der Waals surface area (Å²) in [6.07, 6.45) is 2.89. The monoisotopic (exact) mass is 372 g/mol. The molecule has 0 aliphatic carbocycles. The highest BCUT2D eigenvalue weighted by molar-refractivity contribution is 7.19. The SMILES string of the molecule is CN1CCN([C@H]2CN(C(=O)/C=C/c3nc4ccccc4s3)C[C@@H]2O)CC1. The zero-order valence-corrected chi connectivity index (χ0v) is 15.7. The second-order valence-electron chi connectivity index (χ2n) is 7.07. The molecule has 1 aromatic carbocycles. The van der Waals surface area contributed by atoms with Crippen molar-refractivity contribution in [1.29, 1.82) is 0 Å². The molecular formula is C19H24N4O2S. The number of aliphatic hydroxyl groups is 1. The summed E-state index contributed by atoms with van der Waals surface area (Å²) in [6, 6.07) is 8.00. The number of aliphatic hydroxyl groups excluding tert-OH is 1. The van der Waals surface area contributed by atoms with Crippen molar-refractivity contribution in [3.05, 3.63) is 35.3 Å². The van der Waals surface area contributed by atoms with E-state index in [0.717, 1.165) is 41.4 Å². The van der Waals surface area contributed by atoms with Crippen LogP contribution in [-0.4, -0.2) is 89.2 Å². The molecule has 26 heavy (non-hydrogen) atoms. The van der Waals surface area contributed by atoms with E-state index in [2.05, 4.69) is 21.8 Å². The Hall–Kier alpha value is -1.80. The van der Waals surface area contributed by atoms with Crippen molar-refractivity contribution in [3.8, 4) is 0 Å². The fraction of sp³-hybridized carbons (Fsp3) is 0.474. The van der Waals surface area contributed by atoms with Gasteiger partial charge in [-0.15, -0.1) is 11.3 Å². The van der Waals surface area contributed by atoms with Gasteiger partial charge in [-0.2, -0.15) is 0 Å². The number of piperazine rings is 1. The normalized spacial score (nSPS) is 25.5. The summed E-state index contributed by atoms with van der Waals surface area (Å²) in [6.45, 7) is 4.90. The molecule has 0 spiro atoms. The van der Waals surface area contributed by atoms with Crippen LogP contribution in [0.2, 0.25) is 0 Å². The highest BCUT2D eigenvalue weighted by Crippen LogP contribution is 2.23. The second-order valence-corrected chi connectivity index (χ2v) is 8.13. The summed E-state index contributed by atoms with van der Waals surface area (Å²) in [7, 11) is 2.12. The van der Waals surface area contributed by atoms with Crippen LogP contribution in [0.3, 0.4) is 0 Å². The lowest BCUT2D eigenvalue weighted by Gasteiger charge is -2.37. The molecule has 0 radical (unpaired) electrons. The maximum absolute atomic E-state index is 12.5. The van der Waals surface area contributed by atoms with Crippen LogP contribution in [0.4, 0.5) is 0 Å². The van der Waals surface area contributed by atoms with Gasteiger partial charge in [-0.3, -0.25) is 9.69 Å². The summed E-state index contributed by atoms with van der Waals surface area (Å²) in [5, 5.41) is 11.3. The summed E-state index contributed by atoms with van der Waals surface area (Å²) >= 11 is 1.57. The lowest BCUT2D eigenvalue weighted by atomic mass is 10.1. The van der Waals surface area contributed by atoms with E-state index in [4.69, 9.17) is 0 Å². The molecule has 6 nitrogen and oxygen atoms in total. The Balaban J connectivity index is 1.39. The van der Waals surface area contributed by atoms with Crippen molar-refractivity contribution in [1.82, 2.24) is 19.7 Å². The molecule has 1 N–H and O–H groups in total. The van der Waals surface area contributed by atoms with Crippen molar-refractivity contribution in [2.45, 2.75) is 12.1 Å². The Morgan fingerprint density at radius 2 is 2.00 bits per heavy atom. The standard InChI is InChI=1S/C19H24N4O2S/c1-21-8-10-22(11-9-21)15-12-23(13-16(15)24)19(25)7-6-18-20-14-4-2-3-5-17(14)26-18/h2-7,15-16,24H,8-13H2,1H3/b7-6+/t15-,16-/m0/s1. The average Bonchev–Trinajstić information content (AvgIpc) is 3.23. The number of fused-ring (bicyclic) bond motifs is 1. The Morgan fingerprint density at radius 3 is 2.77 bits per heavy atom. The second kappa shape index (κ2) is 7.44. The molecule has 7 heteroatoms. The average molecular weight is 372 g/mol. The number of aromatic nitrogens is 1. The van der Waals surface area contributed by atoms with E-state index in [1.165, 1.54) is 0 Å². The summed E-state index contributed by atoms with van der Waals surface area (Å²) in [4.78, 5) is 23.4. The third-order valence-corrected chi connectivity index (χ3v) is 6.26.